The van der Waals surface area contributed by atoms with Gasteiger partial charge in [0.05, 0.1) is 64.2 Å². The van der Waals surface area contributed by atoms with Gasteiger partial charge in [0.2, 0.25) is 11.9 Å². The van der Waals surface area contributed by atoms with E-state index in [0.29, 0.717) is 84.9 Å². The quantitative estimate of drug-likeness (QED) is 0.00947. The molecule has 0 aliphatic rings. The van der Waals surface area contributed by atoms with Crippen molar-refractivity contribution in [3.8, 4) is 0 Å². The molecule has 26 nitrogen and oxygen atoms in total. The van der Waals surface area contributed by atoms with Crippen LogP contribution >= 0.6 is 214 Å². The van der Waals surface area contributed by atoms with Crippen LogP contribution in [0, 0.1) is 25.2 Å². The number of aromatic nitrogens is 14. The minimum Gasteiger partial charge on any atom is -0.813 e. The Morgan fingerprint density at radius 1 is 0.602 bits per heavy atom. The number of nitrogens with zero attached hydrogens (tertiary/aromatic N) is 15. The Labute approximate surface area is 767 Å². The van der Waals surface area contributed by atoms with Crippen molar-refractivity contribution in [3.63, 3.8) is 0 Å². The third-order valence-corrected chi connectivity index (χ3v) is 16.1. The topological polar surface area (TPSA) is 435 Å². The molecule has 14 N–H and O–H groups in total. The third-order valence-electron chi connectivity index (χ3n) is 8.23. The molecule has 9 rings (SSSR count). The van der Waals surface area contributed by atoms with E-state index in [-0.39, 0.29) is 180 Å². The van der Waals surface area contributed by atoms with E-state index < -0.39 is 11.9 Å². The maximum absolute atomic E-state index is 12.3. The molecular formula is C61H94BBrCl9F2I2N22NaO4S5-. The summed E-state index contributed by atoms with van der Waals surface area (Å²) < 4.78 is 34.0. The van der Waals surface area contributed by atoms with Gasteiger partial charge in [-0.3, -0.25) is 14.8 Å². The molecule has 0 atom stereocenters. The molecular weight excluding hydrogens is 1990 g/mol. The number of thioether (sulfide) groups is 1. The molecule has 0 unspecified atom stereocenters. The number of unbranched alkanes of at least 4 members (excludes halogenated alkanes) is 1. The van der Waals surface area contributed by atoms with E-state index in [0.717, 1.165) is 9.32 Å². The Bertz CT molecular complexity index is 3610. The van der Waals surface area contributed by atoms with Gasteiger partial charge in [0.15, 0.2) is 17.5 Å². The first-order valence-corrected chi connectivity index (χ1v) is 33.8. The molecule has 0 bridgehead atoms. The summed E-state index contributed by atoms with van der Waals surface area (Å²) in [5, 5.41) is 3.58. The normalized spacial score (nSPS) is 8.16. The van der Waals surface area contributed by atoms with Gasteiger partial charge in [0.25, 0.3) is 0 Å². The molecule has 0 spiro atoms. The van der Waals surface area contributed by atoms with Crippen LogP contribution in [0.2, 0.25) is 45.9 Å². The Morgan fingerprint density at radius 2 is 1.04 bits per heavy atom. The number of halogens is 14. The molecule has 9 heterocycles. The fourth-order valence-corrected chi connectivity index (χ4v) is 8.60. The Hall–Kier alpha value is -3.53. The summed E-state index contributed by atoms with van der Waals surface area (Å²) in [6.07, 6.45) is 19.9. The second kappa shape index (κ2) is 85.9. The Morgan fingerprint density at radius 3 is 1.38 bits per heavy atom. The number of hydrogen-bond acceptors (Lipinski definition) is 31. The summed E-state index contributed by atoms with van der Waals surface area (Å²) >= 11 is 66.8. The number of thiol groups is 3. The van der Waals surface area contributed by atoms with Crippen molar-refractivity contribution in [1.29, 1.82) is 0 Å². The van der Waals surface area contributed by atoms with E-state index in [1.165, 1.54) is 92.0 Å². The minimum absolute atomic E-state index is 0. The van der Waals surface area contributed by atoms with Gasteiger partial charge in [0.1, 0.15) is 57.7 Å². The van der Waals surface area contributed by atoms with Crippen LogP contribution in [0.25, 0.3) is 0 Å². The van der Waals surface area contributed by atoms with Crippen LogP contribution in [0.4, 0.5) is 49.5 Å². The van der Waals surface area contributed by atoms with Crippen molar-refractivity contribution in [2.24, 2.45) is 4.30 Å². The summed E-state index contributed by atoms with van der Waals surface area (Å²) in [4.78, 5) is 80.0. The molecule has 0 aromatic carbocycles. The number of nitrogens with two attached hydrogens (primary N) is 7. The molecule has 0 fully saturated rings. The zero-order valence-electron chi connectivity index (χ0n) is 49.8. The van der Waals surface area contributed by atoms with Gasteiger partial charge in [-0.2, -0.15) is 31.0 Å². The SMILES string of the molecule is C.C.C.C.C.C.C.C.C.C.C.CCCCS.CCOC(=O)CCSc1ncc(Cl)nc1N.Fc1nccc(I)c1Cl.Fc1ncccc1Cl.Nc1[c-]ncc(Cl)n1.Nc1cncc(Cl)n1.Nc1nc(Cl)cnc1Br.Nc1nc(Cl)cnc1Sc1ccnc(N)c1Cl.Nc1nccc(I)c1Cl.O=C=O.[B]=NS.[Na+].[SH-]. The standard InChI is InChI=1S/C9H7Cl2N5S.C9H12ClN3O2S.C5H2ClFIN.C5H3ClFN.C5H4ClIN2.C4H3BrClN3.C4H4ClN3.C4H3ClN3.C4H10S.CO2.11CH4.BHNS.Na.H2S/c10-5-3-15-9(8(13)16-5)17-4-1-2-14-7(12)6(4)11;1-2-15-7(14)3-4-16-9-8(11)13-6(10)5-12-9;6-4-3(8)1-2-9-5(4)7;6-4-2-1-3-8-5(4)7;6-4-3(7)1-2-9-5(4)8;5-3-4(7)9-2(6)1-8-3;2*5-3-1-7-2-4(6)8-3;1-2-3-4-5;2-1-3;;;;;;;;;;;;1-2-3;;/h1-3H,(H2,12,14)(H2,13,16);5H,2-4H2,1H3,(H2,11,13);1-2H;1-3H;1-2H,(H2,8,9);1H,(H2,7,9);1-2H,(H2,6,8);1H,(H2,6,8);5H,2-4H2,1H3;;11*1H4;3H;;1H2/q;;;;;;;-1;;;;;;;;;;;;;;;+1;/p-1. The smallest absolute Gasteiger partial charge is 0.813 e. The molecule has 0 aliphatic heterocycles. The molecule has 9 aromatic rings. The van der Waals surface area contributed by atoms with Crippen molar-refractivity contribution in [1.82, 2.24) is 69.8 Å². The molecule has 9 aromatic heterocycles. The van der Waals surface area contributed by atoms with Crippen LogP contribution in [0.5, 0.6) is 0 Å². The van der Waals surface area contributed by atoms with Gasteiger partial charge < -0.3 is 63.4 Å². The van der Waals surface area contributed by atoms with Crippen molar-refractivity contribution in [2.45, 2.75) is 130 Å². The molecule has 605 valence electrons. The summed E-state index contributed by atoms with van der Waals surface area (Å²) in [5.74, 6) is 2.19. The number of rotatable bonds is 9. The predicted molar refractivity (Wildman–Crippen MR) is 485 cm³/mol. The molecule has 0 saturated carbocycles. The van der Waals surface area contributed by atoms with Crippen LogP contribution in [0.1, 0.15) is 115 Å². The van der Waals surface area contributed by atoms with E-state index in [9.17, 15) is 13.6 Å². The summed E-state index contributed by atoms with van der Waals surface area (Å²) in [7, 11) is 4.34. The summed E-state index contributed by atoms with van der Waals surface area (Å²) in [5.41, 5.74) is 37.9. The van der Waals surface area contributed by atoms with Crippen molar-refractivity contribution in [3.05, 3.63) is 168 Å². The largest absolute Gasteiger partial charge is 1.00 e. The summed E-state index contributed by atoms with van der Waals surface area (Å²) in [6.45, 7) is 4.33. The van der Waals surface area contributed by atoms with Gasteiger partial charge in [-0.15, -0.1) is 18.0 Å². The number of anilines is 7. The Kier molecular flexibility index (Phi) is 111. The minimum atomic E-state index is -0.617. The van der Waals surface area contributed by atoms with Crippen LogP contribution < -0.4 is 69.7 Å². The average molecular weight is 2080 g/mol. The fourth-order valence-electron chi connectivity index (χ4n) is 4.42. The second-order valence-corrected chi connectivity index (χ2v) is 24.4. The molecule has 47 heteroatoms. The van der Waals surface area contributed by atoms with E-state index in [2.05, 4.69) is 159 Å². The molecule has 0 amide bonds. The first kappa shape index (κ1) is 140. The number of esters is 1. The van der Waals surface area contributed by atoms with Crippen molar-refractivity contribution >= 4 is 288 Å². The third kappa shape index (κ3) is 69.2. The molecule has 0 saturated heterocycles. The van der Waals surface area contributed by atoms with Crippen LogP contribution in [-0.4, -0.2) is 108 Å². The van der Waals surface area contributed by atoms with Gasteiger partial charge in [-0.1, -0.05) is 217 Å². The van der Waals surface area contributed by atoms with Crippen molar-refractivity contribution < 1.29 is 57.5 Å². The average Bonchev–Trinajstić information content (AvgIpc) is 0.841. The maximum Gasteiger partial charge on any atom is 1.00 e. The van der Waals surface area contributed by atoms with E-state index in [4.69, 9.17) is 159 Å². The zero-order valence-corrected chi connectivity index (χ0v) is 68.8. The van der Waals surface area contributed by atoms with E-state index in [1.807, 2.05) is 22.6 Å². The monoisotopic (exact) mass is 2080 g/mol. The van der Waals surface area contributed by atoms with Gasteiger partial charge in [-0.25, -0.2) is 54.8 Å². The van der Waals surface area contributed by atoms with Gasteiger partial charge >= 0.3 is 66.4 Å². The number of carbonyl (C=O) groups is 1. The number of ether oxygens (including phenoxy) is 1. The van der Waals surface area contributed by atoms with Gasteiger partial charge in [0, 0.05) is 48.4 Å². The number of nitrogen functional groups attached to an aromatic ring is 7. The first-order chi connectivity index (χ1) is 45.0. The molecule has 0 aliphatic carbocycles. The van der Waals surface area contributed by atoms with Gasteiger partial charge in [-0.05, 0) is 111 Å². The maximum atomic E-state index is 12.3. The zero-order chi connectivity index (χ0) is 72.4. The predicted octanol–water partition coefficient (Wildman–Crippen LogP) is 18.3. The fraction of sp³-hybridized carbons (Fsp3) is 0.311. The summed E-state index contributed by atoms with van der Waals surface area (Å²) in [6, 6.07) is 8.19. The first-order valence-electron chi connectivity index (χ1n) is 24.6. The van der Waals surface area contributed by atoms with Crippen molar-refractivity contribution in [2.75, 3.05) is 58.2 Å². The number of hydrogen-bond donors (Lipinski definition) is 9. The van der Waals surface area contributed by atoms with Crippen LogP contribution in [0.15, 0.2) is 116 Å². The van der Waals surface area contributed by atoms with Crippen LogP contribution in [-0.2, 0) is 32.6 Å². The van der Waals surface area contributed by atoms with E-state index >= 15 is 0 Å². The molecule has 1 radical (unpaired) electrons. The number of carbonyl (C=O) groups excluding carboxylic acids is 3. The number of pyridine rings is 4. The Balaban J connectivity index is -0.0000000688. The molecule has 108 heavy (non-hydrogen) atoms. The van der Waals surface area contributed by atoms with Crippen LogP contribution in [0.3, 0.4) is 0 Å². The second-order valence-electron chi connectivity index (χ2n) is 15.0. The van der Waals surface area contributed by atoms with E-state index in [1.54, 1.807) is 43.6 Å².